The van der Waals surface area contributed by atoms with Crippen LogP contribution >= 0.6 is 0 Å². The molecule has 0 radical (unpaired) electrons. The molecule has 1 fully saturated rings. The predicted octanol–water partition coefficient (Wildman–Crippen LogP) is 1.40. The molecule has 0 spiro atoms. The number of hydrogen-bond acceptors (Lipinski definition) is 6. The van der Waals surface area contributed by atoms with Gasteiger partial charge in [0.05, 0.1) is 10.6 Å². The summed E-state index contributed by atoms with van der Waals surface area (Å²) in [5, 5.41) is 10.3. The van der Waals surface area contributed by atoms with E-state index < -0.39 is 32.7 Å². The average Bonchev–Trinajstić information content (AvgIpc) is 3.31. The quantitative estimate of drug-likeness (QED) is 0.572. The molecule has 0 atom stereocenters. The fourth-order valence-corrected chi connectivity index (χ4v) is 5.99. The van der Waals surface area contributed by atoms with Crippen LogP contribution in [-0.4, -0.2) is 38.4 Å². The summed E-state index contributed by atoms with van der Waals surface area (Å²) >= 11 is 0. The normalized spacial score (nSPS) is 15.7. The monoisotopic (exact) mass is 461 g/mol. The summed E-state index contributed by atoms with van der Waals surface area (Å²) in [6.45, 7) is -0.403. The summed E-state index contributed by atoms with van der Waals surface area (Å²) in [4.78, 5) is 11.6. The molecule has 0 saturated carbocycles. The second kappa shape index (κ2) is 7.75. The molecule has 11 heteroatoms. The van der Waals surface area contributed by atoms with E-state index in [1.165, 1.54) is 34.4 Å². The van der Waals surface area contributed by atoms with Gasteiger partial charge in [-0.05, 0) is 54.8 Å². The van der Waals surface area contributed by atoms with Crippen molar-refractivity contribution in [3.63, 3.8) is 0 Å². The Morgan fingerprint density at radius 3 is 2.39 bits per heavy atom. The standard InChI is InChI=1S/C20H19N3O6S2/c24-19-13-15(9-11-18(19)23-14-20(25)21-31(23,28)29)8-10-16-5-4-12-22(16)30(26,27)17-6-2-1-3-7-17/h1-7,9,11-13,24H,8,10,14H2,(H,21,25). The summed E-state index contributed by atoms with van der Waals surface area (Å²) < 4.78 is 53.6. The lowest BCUT2D eigenvalue weighted by atomic mass is 10.1. The van der Waals surface area contributed by atoms with Gasteiger partial charge >= 0.3 is 10.2 Å². The minimum absolute atomic E-state index is 0.00266. The van der Waals surface area contributed by atoms with Gasteiger partial charge in [0.2, 0.25) is 0 Å². The van der Waals surface area contributed by atoms with Crippen molar-refractivity contribution < 1.29 is 26.7 Å². The van der Waals surface area contributed by atoms with Gasteiger partial charge in [-0.2, -0.15) is 8.42 Å². The predicted molar refractivity (Wildman–Crippen MR) is 113 cm³/mol. The smallest absolute Gasteiger partial charge is 0.326 e. The number of carbonyl (C=O) groups is 1. The maximum absolute atomic E-state index is 12.9. The Morgan fingerprint density at radius 2 is 1.74 bits per heavy atom. The average molecular weight is 462 g/mol. The molecule has 1 saturated heterocycles. The number of carbonyl (C=O) groups excluding carboxylic acids is 1. The summed E-state index contributed by atoms with van der Waals surface area (Å²) in [7, 11) is -7.74. The number of benzene rings is 2. The Kier molecular flexibility index (Phi) is 5.23. The minimum Gasteiger partial charge on any atom is -0.506 e. The molecule has 31 heavy (non-hydrogen) atoms. The van der Waals surface area contributed by atoms with E-state index in [1.54, 1.807) is 36.4 Å². The number of nitrogens with zero attached hydrogens (tertiary/aromatic N) is 2. The first-order valence-electron chi connectivity index (χ1n) is 9.30. The van der Waals surface area contributed by atoms with Crippen molar-refractivity contribution in [2.24, 2.45) is 0 Å². The molecule has 162 valence electrons. The first-order valence-corrected chi connectivity index (χ1v) is 12.2. The van der Waals surface area contributed by atoms with Gasteiger partial charge < -0.3 is 5.11 Å². The number of phenolic OH excluding ortho intramolecular Hbond substituents is 1. The second-order valence-corrected chi connectivity index (χ2v) is 10.4. The number of aryl methyl sites for hydroxylation is 2. The Balaban J connectivity index is 1.54. The van der Waals surface area contributed by atoms with Gasteiger partial charge in [0.15, 0.2) is 0 Å². The Hall–Kier alpha value is -3.31. The molecule has 1 aromatic heterocycles. The number of aromatic hydroxyl groups is 1. The fraction of sp³-hybridized carbons (Fsp3) is 0.150. The van der Waals surface area contributed by atoms with Crippen LogP contribution in [0.4, 0.5) is 5.69 Å². The number of hydrogen-bond donors (Lipinski definition) is 2. The van der Waals surface area contributed by atoms with Crippen LogP contribution in [-0.2, 0) is 37.9 Å². The molecule has 0 bridgehead atoms. The molecule has 2 aromatic carbocycles. The highest BCUT2D eigenvalue weighted by molar-refractivity contribution is 7.92. The third-order valence-electron chi connectivity index (χ3n) is 4.89. The summed E-state index contributed by atoms with van der Waals surface area (Å²) in [6, 6.07) is 15.9. The van der Waals surface area contributed by atoms with Crippen LogP contribution in [0.25, 0.3) is 0 Å². The highest BCUT2D eigenvalue weighted by atomic mass is 32.2. The van der Waals surface area contributed by atoms with Crippen LogP contribution in [0.15, 0.2) is 71.8 Å². The van der Waals surface area contributed by atoms with Gasteiger partial charge in [0, 0.05) is 11.9 Å². The molecule has 0 unspecified atom stereocenters. The second-order valence-electron chi connectivity index (χ2n) is 6.97. The van der Waals surface area contributed by atoms with Crippen molar-refractivity contribution >= 4 is 31.8 Å². The van der Waals surface area contributed by atoms with E-state index in [0.29, 0.717) is 24.1 Å². The molecule has 1 aliphatic rings. The van der Waals surface area contributed by atoms with Crippen LogP contribution < -0.4 is 9.03 Å². The van der Waals surface area contributed by atoms with E-state index in [0.717, 1.165) is 4.31 Å². The molecule has 3 aromatic rings. The molecular weight excluding hydrogens is 442 g/mol. The van der Waals surface area contributed by atoms with Gasteiger partial charge in [-0.3, -0.25) is 4.79 Å². The van der Waals surface area contributed by atoms with Crippen molar-refractivity contribution in [3.8, 4) is 5.75 Å². The zero-order valence-corrected chi connectivity index (χ0v) is 17.8. The first-order chi connectivity index (χ1) is 14.7. The van der Waals surface area contributed by atoms with Crippen LogP contribution in [0, 0.1) is 0 Å². The Morgan fingerprint density at radius 1 is 1.00 bits per heavy atom. The van der Waals surface area contributed by atoms with Gasteiger partial charge in [-0.25, -0.2) is 21.4 Å². The molecule has 1 amide bonds. The number of amides is 1. The van der Waals surface area contributed by atoms with Crippen LogP contribution in [0.3, 0.4) is 0 Å². The molecule has 9 nitrogen and oxygen atoms in total. The van der Waals surface area contributed by atoms with Gasteiger partial charge in [-0.1, -0.05) is 24.3 Å². The van der Waals surface area contributed by atoms with Crippen LogP contribution in [0.1, 0.15) is 11.3 Å². The van der Waals surface area contributed by atoms with E-state index >= 15 is 0 Å². The van der Waals surface area contributed by atoms with Crippen molar-refractivity contribution in [2.45, 2.75) is 17.7 Å². The van der Waals surface area contributed by atoms with Crippen molar-refractivity contribution in [3.05, 3.63) is 78.1 Å². The van der Waals surface area contributed by atoms with Crippen LogP contribution in [0.2, 0.25) is 0 Å². The largest absolute Gasteiger partial charge is 0.506 e. The zero-order valence-electron chi connectivity index (χ0n) is 16.2. The van der Waals surface area contributed by atoms with Crippen molar-refractivity contribution in [2.75, 3.05) is 10.8 Å². The SMILES string of the molecule is O=C1CN(c2ccc(CCc3cccn3S(=O)(=O)c3ccccc3)cc2O)S(=O)(=O)N1. The minimum atomic E-state index is -4.02. The van der Waals surface area contributed by atoms with E-state index in [9.17, 15) is 26.7 Å². The van der Waals surface area contributed by atoms with Gasteiger partial charge in [0.25, 0.3) is 15.9 Å². The van der Waals surface area contributed by atoms with Gasteiger partial charge in [-0.15, -0.1) is 0 Å². The zero-order chi connectivity index (χ0) is 22.2. The summed E-state index contributed by atoms with van der Waals surface area (Å²) in [5.74, 6) is -0.964. The number of nitrogens with one attached hydrogen (secondary N) is 1. The van der Waals surface area contributed by atoms with E-state index in [4.69, 9.17) is 0 Å². The molecule has 0 aliphatic carbocycles. The lowest BCUT2D eigenvalue weighted by Crippen LogP contribution is -2.29. The van der Waals surface area contributed by atoms with E-state index in [1.807, 2.05) is 4.72 Å². The third kappa shape index (κ3) is 4.01. The lowest BCUT2D eigenvalue weighted by molar-refractivity contribution is -0.117. The topological polar surface area (TPSA) is 126 Å². The van der Waals surface area contributed by atoms with Crippen molar-refractivity contribution in [1.82, 2.24) is 8.69 Å². The maximum atomic E-state index is 12.9. The molecular formula is C20H19N3O6S2. The molecule has 2 N–H and O–H groups in total. The Bertz CT molecular complexity index is 1350. The number of phenols is 1. The van der Waals surface area contributed by atoms with Crippen molar-refractivity contribution in [1.29, 1.82) is 0 Å². The fourth-order valence-electron chi connectivity index (χ4n) is 3.40. The summed E-state index contributed by atoms with van der Waals surface area (Å²) in [6.07, 6.45) is 2.27. The number of aromatic nitrogens is 1. The highest BCUT2D eigenvalue weighted by Crippen LogP contribution is 2.31. The molecule has 2 heterocycles. The molecule has 4 rings (SSSR count). The highest BCUT2D eigenvalue weighted by Gasteiger charge is 2.35. The number of anilines is 1. The Labute approximate surface area is 179 Å². The lowest BCUT2D eigenvalue weighted by Gasteiger charge is -2.17. The molecule has 1 aliphatic heterocycles. The van der Waals surface area contributed by atoms with E-state index in [2.05, 4.69) is 0 Å². The summed E-state index contributed by atoms with van der Waals surface area (Å²) in [5.41, 5.74) is 1.25. The van der Waals surface area contributed by atoms with Crippen LogP contribution in [0.5, 0.6) is 5.75 Å². The maximum Gasteiger partial charge on any atom is 0.326 e. The van der Waals surface area contributed by atoms with Gasteiger partial charge in [0.1, 0.15) is 12.3 Å². The van der Waals surface area contributed by atoms with E-state index in [-0.39, 0.29) is 16.3 Å². The third-order valence-corrected chi connectivity index (χ3v) is 8.03. The number of rotatable bonds is 6. The first kappa shape index (κ1) is 20.9.